The first-order chi connectivity index (χ1) is 8.58. The molecule has 0 radical (unpaired) electrons. The molecule has 0 saturated carbocycles. The van der Waals surface area contributed by atoms with Crippen molar-refractivity contribution in [1.82, 2.24) is 0 Å². The van der Waals surface area contributed by atoms with Gasteiger partial charge in [-0.25, -0.2) is 8.78 Å². The third kappa shape index (κ3) is 3.09. The summed E-state index contributed by atoms with van der Waals surface area (Å²) in [5.41, 5.74) is 1.16. The number of rotatable bonds is 3. The lowest BCUT2D eigenvalue weighted by Gasteiger charge is -2.11. The molecule has 0 spiro atoms. The Morgan fingerprint density at radius 1 is 1.11 bits per heavy atom. The largest absolute Gasteiger partial charge is 0.204 e. The summed E-state index contributed by atoms with van der Waals surface area (Å²) < 4.78 is 27.6. The number of halogens is 4. The van der Waals surface area contributed by atoms with Gasteiger partial charge in [-0.15, -0.1) is 11.6 Å². The average Bonchev–Trinajstić information content (AvgIpc) is 2.32. The average molecular weight is 332 g/mol. The highest BCUT2D eigenvalue weighted by atomic mass is 79.9. The van der Waals surface area contributed by atoms with Crippen LogP contribution in [-0.2, 0) is 6.42 Å². The van der Waals surface area contributed by atoms with Gasteiger partial charge in [0.15, 0.2) is 11.6 Å². The molecule has 1 unspecified atom stereocenters. The summed E-state index contributed by atoms with van der Waals surface area (Å²) in [5, 5.41) is -0.588. The molecule has 0 aromatic heterocycles. The second-order valence-corrected chi connectivity index (χ2v) is 5.39. The Kier molecular flexibility index (Phi) is 4.36. The van der Waals surface area contributed by atoms with Crippen molar-refractivity contribution in [2.45, 2.75) is 11.8 Å². The molecule has 2 aromatic rings. The van der Waals surface area contributed by atoms with Crippen LogP contribution in [0.2, 0.25) is 0 Å². The number of hydrogen-bond acceptors (Lipinski definition) is 0. The molecule has 0 amide bonds. The minimum atomic E-state index is -0.868. The van der Waals surface area contributed by atoms with Crippen LogP contribution in [-0.4, -0.2) is 0 Å². The van der Waals surface area contributed by atoms with Gasteiger partial charge in [-0.2, -0.15) is 0 Å². The third-order valence-electron chi connectivity index (χ3n) is 2.62. The molecule has 0 nitrogen and oxygen atoms in total. The Hall–Kier alpha value is -0.930. The number of benzene rings is 2. The van der Waals surface area contributed by atoms with Crippen molar-refractivity contribution < 1.29 is 8.78 Å². The highest BCUT2D eigenvalue weighted by molar-refractivity contribution is 9.10. The first-order valence-corrected chi connectivity index (χ1v) is 6.63. The normalized spacial score (nSPS) is 12.4. The number of hydrogen-bond donors (Lipinski definition) is 0. The van der Waals surface area contributed by atoms with Crippen LogP contribution in [0.1, 0.15) is 16.5 Å². The van der Waals surface area contributed by atoms with E-state index in [0.29, 0.717) is 6.42 Å². The fourth-order valence-electron chi connectivity index (χ4n) is 1.74. The van der Waals surface area contributed by atoms with Crippen molar-refractivity contribution in [3.63, 3.8) is 0 Å². The fourth-order valence-corrected chi connectivity index (χ4v) is 2.54. The van der Waals surface area contributed by atoms with Gasteiger partial charge in [0.2, 0.25) is 0 Å². The van der Waals surface area contributed by atoms with E-state index in [1.54, 1.807) is 0 Å². The van der Waals surface area contributed by atoms with Crippen molar-refractivity contribution in [2.24, 2.45) is 0 Å². The SMILES string of the molecule is Fc1cccc(C(Cl)Cc2cccc(Br)c2)c1F. The molecule has 18 heavy (non-hydrogen) atoms. The van der Waals surface area contributed by atoms with Crippen LogP contribution in [0.25, 0.3) is 0 Å². The van der Waals surface area contributed by atoms with Crippen LogP contribution in [0, 0.1) is 11.6 Å². The molecule has 0 fully saturated rings. The van der Waals surface area contributed by atoms with Crippen LogP contribution >= 0.6 is 27.5 Å². The second kappa shape index (κ2) is 5.81. The molecule has 0 aliphatic rings. The van der Waals surface area contributed by atoms with Gasteiger partial charge in [-0.05, 0) is 30.2 Å². The smallest absolute Gasteiger partial charge is 0.163 e. The zero-order chi connectivity index (χ0) is 13.1. The van der Waals surface area contributed by atoms with Gasteiger partial charge < -0.3 is 0 Å². The Balaban J connectivity index is 2.22. The monoisotopic (exact) mass is 330 g/mol. The summed E-state index contributed by atoms with van der Waals surface area (Å²) in [4.78, 5) is 0. The molecule has 0 N–H and O–H groups in total. The highest BCUT2D eigenvalue weighted by Crippen LogP contribution is 2.28. The summed E-state index contributed by atoms with van der Waals surface area (Å²) >= 11 is 9.51. The second-order valence-electron chi connectivity index (χ2n) is 3.94. The lowest BCUT2D eigenvalue weighted by Crippen LogP contribution is -2.01. The van der Waals surface area contributed by atoms with E-state index in [4.69, 9.17) is 11.6 Å². The van der Waals surface area contributed by atoms with E-state index < -0.39 is 17.0 Å². The van der Waals surface area contributed by atoms with Gasteiger partial charge in [-0.3, -0.25) is 0 Å². The lowest BCUT2D eigenvalue weighted by atomic mass is 10.0. The van der Waals surface area contributed by atoms with Crippen LogP contribution in [0.15, 0.2) is 46.9 Å². The van der Waals surface area contributed by atoms with Crippen molar-refractivity contribution in [2.75, 3.05) is 0 Å². The van der Waals surface area contributed by atoms with Gasteiger partial charge in [0.25, 0.3) is 0 Å². The van der Waals surface area contributed by atoms with E-state index in [0.717, 1.165) is 16.1 Å². The van der Waals surface area contributed by atoms with E-state index in [2.05, 4.69) is 15.9 Å². The van der Waals surface area contributed by atoms with Crippen LogP contribution < -0.4 is 0 Å². The predicted octanol–water partition coefficient (Wildman–Crippen LogP) is 5.25. The molecule has 2 rings (SSSR count). The van der Waals surface area contributed by atoms with Gasteiger partial charge in [0.05, 0.1) is 5.38 Å². The van der Waals surface area contributed by atoms with Gasteiger partial charge >= 0.3 is 0 Å². The maximum Gasteiger partial charge on any atom is 0.163 e. The minimum Gasteiger partial charge on any atom is -0.204 e. The molecule has 4 heteroatoms. The maximum atomic E-state index is 13.6. The predicted molar refractivity (Wildman–Crippen MR) is 72.8 cm³/mol. The Morgan fingerprint density at radius 2 is 1.83 bits per heavy atom. The minimum absolute atomic E-state index is 0.191. The van der Waals surface area contributed by atoms with Gasteiger partial charge in [0, 0.05) is 10.0 Å². The van der Waals surface area contributed by atoms with E-state index in [1.807, 2.05) is 24.3 Å². The molecule has 0 heterocycles. The maximum absolute atomic E-state index is 13.6. The van der Waals surface area contributed by atoms with Crippen molar-refractivity contribution in [3.8, 4) is 0 Å². The van der Waals surface area contributed by atoms with Crippen molar-refractivity contribution >= 4 is 27.5 Å². The highest BCUT2D eigenvalue weighted by Gasteiger charge is 2.16. The molecule has 0 aliphatic carbocycles. The van der Waals surface area contributed by atoms with Crippen LogP contribution in [0.5, 0.6) is 0 Å². The van der Waals surface area contributed by atoms with E-state index >= 15 is 0 Å². The fraction of sp³-hybridized carbons (Fsp3) is 0.143. The third-order valence-corrected chi connectivity index (χ3v) is 3.51. The van der Waals surface area contributed by atoms with Crippen molar-refractivity contribution in [3.05, 3.63) is 69.7 Å². The molecule has 0 saturated heterocycles. The summed E-state index contributed by atoms with van der Waals surface area (Å²) in [7, 11) is 0. The first kappa shape index (κ1) is 13.5. The summed E-state index contributed by atoms with van der Waals surface area (Å²) in [6, 6.07) is 11.6. The van der Waals surface area contributed by atoms with Crippen LogP contribution in [0.4, 0.5) is 8.78 Å². The topological polar surface area (TPSA) is 0 Å². The van der Waals surface area contributed by atoms with E-state index in [-0.39, 0.29) is 5.56 Å². The lowest BCUT2D eigenvalue weighted by molar-refractivity contribution is 0.497. The van der Waals surface area contributed by atoms with E-state index in [1.165, 1.54) is 12.1 Å². The Morgan fingerprint density at radius 3 is 2.56 bits per heavy atom. The molecule has 0 aliphatic heterocycles. The molecule has 1 atom stereocenters. The zero-order valence-corrected chi connectivity index (χ0v) is 11.7. The van der Waals surface area contributed by atoms with E-state index in [9.17, 15) is 8.78 Å². The number of alkyl halides is 1. The van der Waals surface area contributed by atoms with Gasteiger partial charge in [0.1, 0.15) is 0 Å². The zero-order valence-electron chi connectivity index (χ0n) is 9.34. The first-order valence-electron chi connectivity index (χ1n) is 5.40. The summed E-state index contributed by atoms with van der Waals surface area (Å²) in [6.45, 7) is 0. The standard InChI is InChI=1S/C14H10BrClF2/c15-10-4-1-3-9(7-10)8-12(16)11-5-2-6-13(17)14(11)18/h1-7,12H,8H2. The van der Waals surface area contributed by atoms with Gasteiger partial charge in [-0.1, -0.05) is 40.2 Å². The Labute approximate surface area is 118 Å². The molecular formula is C14H10BrClF2. The molecule has 0 bridgehead atoms. The quantitative estimate of drug-likeness (QED) is 0.674. The molecular weight excluding hydrogens is 322 g/mol. The Bertz CT molecular complexity index is 557. The molecule has 94 valence electrons. The van der Waals surface area contributed by atoms with Crippen molar-refractivity contribution in [1.29, 1.82) is 0 Å². The summed E-state index contributed by atoms with van der Waals surface area (Å²) in [6.07, 6.45) is 0.446. The van der Waals surface area contributed by atoms with Crippen LogP contribution in [0.3, 0.4) is 0 Å². The molecule has 2 aromatic carbocycles. The summed E-state index contributed by atoms with van der Waals surface area (Å²) in [5.74, 6) is -1.74.